The van der Waals surface area contributed by atoms with Crippen molar-refractivity contribution in [2.24, 2.45) is 0 Å². The van der Waals surface area contributed by atoms with Gasteiger partial charge < -0.3 is 15.5 Å². The van der Waals surface area contributed by atoms with Gasteiger partial charge in [-0.2, -0.15) is 0 Å². The summed E-state index contributed by atoms with van der Waals surface area (Å²) >= 11 is 3.17. The quantitative estimate of drug-likeness (QED) is 0.780. The number of carbonyl (C=O) groups is 1. The van der Waals surface area contributed by atoms with Gasteiger partial charge in [0.15, 0.2) is 0 Å². The molecule has 0 saturated carbocycles. The highest BCUT2D eigenvalue weighted by Crippen LogP contribution is 2.36. The van der Waals surface area contributed by atoms with Crippen molar-refractivity contribution in [3.8, 4) is 5.75 Å². The van der Waals surface area contributed by atoms with Gasteiger partial charge in [-0.25, -0.2) is 4.79 Å². The minimum absolute atomic E-state index is 0.0515. The van der Waals surface area contributed by atoms with Crippen molar-refractivity contribution in [3.63, 3.8) is 0 Å². The molecule has 4 nitrogen and oxygen atoms in total. The van der Waals surface area contributed by atoms with Crippen LogP contribution in [-0.4, -0.2) is 22.7 Å². The second-order valence-corrected chi connectivity index (χ2v) is 4.70. The third kappa shape index (κ3) is 2.05. The van der Waals surface area contributed by atoms with Crippen LogP contribution in [0.15, 0.2) is 16.6 Å². The van der Waals surface area contributed by atoms with Gasteiger partial charge in [-0.15, -0.1) is 0 Å². The summed E-state index contributed by atoms with van der Waals surface area (Å²) in [6.45, 7) is 0.902. The summed E-state index contributed by atoms with van der Waals surface area (Å²) in [6.07, 6.45) is 1.96. The van der Waals surface area contributed by atoms with Gasteiger partial charge in [-0.05, 0) is 47.4 Å². The highest BCUT2D eigenvalue weighted by Gasteiger charge is 2.22. The van der Waals surface area contributed by atoms with Gasteiger partial charge in [0.05, 0.1) is 10.0 Å². The molecule has 0 amide bonds. The minimum atomic E-state index is -0.986. The second-order valence-electron chi connectivity index (χ2n) is 3.85. The number of phenolic OH excluding ortho intramolecular Hbond substituents is 1. The fourth-order valence-electron chi connectivity index (χ4n) is 1.96. The number of nitrogens with one attached hydrogen (secondary N) is 1. The molecule has 1 saturated heterocycles. The smallest absolute Gasteiger partial charge is 0.335 e. The molecule has 5 heteroatoms. The topological polar surface area (TPSA) is 69.6 Å². The Bertz CT molecular complexity index is 427. The van der Waals surface area contributed by atoms with Crippen molar-refractivity contribution in [2.75, 3.05) is 6.54 Å². The SMILES string of the molecule is O=C(O)c1cc(Br)c(O)c([C@@H]2CCCN2)c1. The lowest BCUT2D eigenvalue weighted by Gasteiger charge is -2.14. The summed E-state index contributed by atoms with van der Waals surface area (Å²) in [5, 5.41) is 22.1. The first-order valence-corrected chi connectivity index (χ1v) is 5.88. The molecule has 3 N–H and O–H groups in total. The van der Waals surface area contributed by atoms with Gasteiger partial charge in [0.2, 0.25) is 0 Å². The van der Waals surface area contributed by atoms with Crippen LogP contribution < -0.4 is 5.32 Å². The normalized spacial score (nSPS) is 19.9. The van der Waals surface area contributed by atoms with E-state index < -0.39 is 5.97 Å². The number of benzene rings is 1. The number of aromatic hydroxyl groups is 1. The first-order valence-electron chi connectivity index (χ1n) is 5.08. The fraction of sp³-hybridized carbons (Fsp3) is 0.364. The maximum Gasteiger partial charge on any atom is 0.335 e. The molecule has 16 heavy (non-hydrogen) atoms. The molecule has 0 unspecified atom stereocenters. The Morgan fingerprint density at radius 3 is 2.81 bits per heavy atom. The Morgan fingerprint density at radius 1 is 1.50 bits per heavy atom. The lowest BCUT2D eigenvalue weighted by atomic mass is 10.0. The largest absolute Gasteiger partial charge is 0.506 e. The molecule has 1 heterocycles. The van der Waals surface area contributed by atoms with Crippen molar-refractivity contribution >= 4 is 21.9 Å². The zero-order valence-electron chi connectivity index (χ0n) is 8.53. The standard InChI is InChI=1S/C11H12BrNO3/c12-8-5-6(11(15)16)4-7(10(8)14)9-2-1-3-13-9/h4-5,9,13-14H,1-3H2,(H,15,16)/t9-/m0/s1. The van der Waals surface area contributed by atoms with Crippen LogP contribution in [0.2, 0.25) is 0 Å². The summed E-state index contributed by atoms with van der Waals surface area (Å²) in [5.74, 6) is -0.857. The highest BCUT2D eigenvalue weighted by atomic mass is 79.9. The maximum absolute atomic E-state index is 10.9. The van der Waals surface area contributed by atoms with E-state index in [0.717, 1.165) is 19.4 Å². The Morgan fingerprint density at radius 2 is 2.25 bits per heavy atom. The summed E-state index contributed by atoms with van der Waals surface area (Å²) in [5.41, 5.74) is 0.845. The van der Waals surface area contributed by atoms with E-state index >= 15 is 0 Å². The number of carboxylic acid groups (broad SMARTS) is 1. The minimum Gasteiger partial charge on any atom is -0.506 e. The summed E-state index contributed by atoms with van der Waals surface area (Å²) in [6, 6.07) is 3.00. The summed E-state index contributed by atoms with van der Waals surface area (Å²) in [4.78, 5) is 10.9. The third-order valence-electron chi connectivity index (χ3n) is 2.78. The Labute approximate surface area is 101 Å². The second kappa shape index (κ2) is 4.43. The number of aromatic carboxylic acids is 1. The van der Waals surface area contributed by atoms with Gasteiger partial charge in [-0.3, -0.25) is 0 Å². The molecule has 2 rings (SSSR count). The van der Waals surface area contributed by atoms with Gasteiger partial charge in [0, 0.05) is 11.6 Å². The Hall–Kier alpha value is -1.07. The molecule has 0 radical (unpaired) electrons. The first-order chi connectivity index (χ1) is 7.59. The predicted molar refractivity (Wildman–Crippen MR) is 62.7 cm³/mol. The molecule has 1 fully saturated rings. The lowest BCUT2D eigenvalue weighted by Crippen LogP contribution is -2.14. The van der Waals surface area contributed by atoms with E-state index in [-0.39, 0.29) is 17.4 Å². The van der Waals surface area contributed by atoms with E-state index in [0.29, 0.717) is 10.0 Å². The average Bonchev–Trinajstić information content (AvgIpc) is 2.74. The number of phenols is 1. The number of hydrogen-bond acceptors (Lipinski definition) is 3. The third-order valence-corrected chi connectivity index (χ3v) is 3.38. The van der Waals surface area contributed by atoms with E-state index in [9.17, 15) is 9.90 Å². The van der Waals surface area contributed by atoms with E-state index in [1.54, 1.807) is 0 Å². The molecule has 1 aromatic carbocycles. The molecule has 0 aliphatic carbocycles. The monoisotopic (exact) mass is 285 g/mol. The molecule has 0 bridgehead atoms. The van der Waals surface area contributed by atoms with Gasteiger partial charge in [-0.1, -0.05) is 0 Å². The molecule has 0 spiro atoms. The summed E-state index contributed by atoms with van der Waals surface area (Å²) < 4.78 is 0.427. The average molecular weight is 286 g/mol. The molecule has 1 aliphatic heterocycles. The van der Waals surface area contributed by atoms with Crippen LogP contribution in [0.3, 0.4) is 0 Å². The van der Waals surface area contributed by atoms with Crippen molar-refractivity contribution in [1.29, 1.82) is 0 Å². The maximum atomic E-state index is 10.9. The van der Waals surface area contributed by atoms with Gasteiger partial charge in [0.25, 0.3) is 0 Å². The molecule has 1 atom stereocenters. The lowest BCUT2D eigenvalue weighted by molar-refractivity contribution is 0.0696. The van der Waals surface area contributed by atoms with Crippen LogP contribution in [0.25, 0.3) is 0 Å². The van der Waals surface area contributed by atoms with Crippen LogP contribution in [0.1, 0.15) is 34.8 Å². The Balaban J connectivity index is 2.45. The molecule has 1 aliphatic rings. The molecule has 0 aromatic heterocycles. The predicted octanol–water partition coefficient (Wildman–Crippen LogP) is 2.28. The zero-order valence-corrected chi connectivity index (χ0v) is 10.1. The van der Waals surface area contributed by atoms with Crippen LogP contribution >= 0.6 is 15.9 Å². The van der Waals surface area contributed by atoms with Gasteiger partial charge >= 0.3 is 5.97 Å². The van der Waals surface area contributed by atoms with Crippen LogP contribution in [0.4, 0.5) is 0 Å². The van der Waals surface area contributed by atoms with Crippen LogP contribution in [-0.2, 0) is 0 Å². The van der Waals surface area contributed by atoms with E-state index in [1.165, 1.54) is 12.1 Å². The summed E-state index contributed by atoms with van der Waals surface area (Å²) in [7, 11) is 0. The van der Waals surface area contributed by atoms with Crippen molar-refractivity contribution < 1.29 is 15.0 Å². The first kappa shape index (κ1) is 11.4. The molecular formula is C11H12BrNO3. The molecule has 1 aromatic rings. The molecule has 86 valence electrons. The van der Waals surface area contributed by atoms with Crippen molar-refractivity contribution in [2.45, 2.75) is 18.9 Å². The van der Waals surface area contributed by atoms with Crippen LogP contribution in [0, 0.1) is 0 Å². The van der Waals surface area contributed by atoms with Crippen molar-refractivity contribution in [1.82, 2.24) is 5.32 Å². The van der Waals surface area contributed by atoms with Crippen molar-refractivity contribution in [3.05, 3.63) is 27.7 Å². The number of halogens is 1. The number of hydrogen-bond donors (Lipinski definition) is 3. The highest BCUT2D eigenvalue weighted by molar-refractivity contribution is 9.10. The number of carboxylic acids is 1. The van der Waals surface area contributed by atoms with E-state index in [2.05, 4.69) is 21.2 Å². The van der Waals surface area contributed by atoms with Crippen LogP contribution in [0.5, 0.6) is 5.75 Å². The van der Waals surface area contributed by atoms with E-state index in [4.69, 9.17) is 5.11 Å². The van der Waals surface area contributed by atoms with E-state index in [1.807, 2.05) is 0 Å². The Kier molecular flexibility index (Phi) is 3.16. The van der Waals surface area contributed by atoms with Gasteiger partial charge in [0.1, 0.15) is 5.75 Å². The number of rotatable bonds is 2. The fourth-order valence-corrected chi connectivity index (χ4v) is 2.43. The zero-order chi connectivity index (χ0) is 11.7. The molecular weight excluding hydrogens is 274 g/mol.